The van der Waals surface area contributed by atoms with Gasteiger partial charge in [-0.3, -0.25) is 14.4 Å². The quantitative estimate of drug-likeness (QED) is 0.548. The Bertz CT molecular complexity index is 709. The fraction of sp³-hybridized carbons (Fsp3) is 0.650. The molecule has 0 aromatic carbocycles. The third-order valence-electron chi connectivity index (χ3n) is 4.60. The Morgan fingerprint density at radius 1 is 1.19 bits per heavy atom. The molecular weight excluding hydrogens is 364 g/mol. The fourth-order valence-electron chi connectivity index (χ4n) is 2.91. The van der Waals surface area contributed by atoms with E-state index in [0.29, 0.717) is 16.5 Å². The first-order valence-electron chi connectivity index (χ1n) is 9.60. The number of hydrogen-bond donors (Lipinski definition) is 2. The number of ether oxygens (including phenoxy) is 1. The van der Waals surface area contributed by atoms with Crippen molar-refractivity contribution in [2.24, 2.45) is 17.8 Å². The molecule has 2 N–H and O–H groups in total. The lowest BCUT2D eigenvalue weighted by Gasteiger charge is -2.18. The molecule has 1 heterocycles. The first kappa shape index (κ1) is 21.4. The molecular formula is C20H30N2O4S. The summed E-state index contributed by atoms with van der Waals surface area (Å²) in [7, 11) is 0. The van der Waals surface area contributed by atoms with Crippen LogP contribution in [0, 0.1) is 17.8 Å². The lowest BCUT2D eigenvalue weighted by Crippen LogP contribution is -2.30. The summed E-state index contributed by atoms with van der Waals surface area (Å²) in [6.45, 7) is 9.78. The number of anilines is 1. The van der Waals surface area contributed by atoms with E-state index in [-0.39, 0.29) is 42.8 Å². The van der Waals surface area contributed by atoms with Gasteiger partial charge in [0.25, 0.3) is 5.91 Å². The normalized spacial score (nSPS) is 16.2. The fourth-order valence-corrected chi connectivity index (χ4v) is 4.32. The van der Waals surface area contributed by atoms with Crippen LogP contribution in [0.1, 0.15) is 61.8 Å². The highest BCUT2D eigenvalue weighted by Gasteiger charge is 2.28. The van der Waals surface area contributed by atoms with E-state index in [0.717, 1.165) is 24.8 Å². The topological polar surface area (TPSA) is 84.5 Å². The van der Waals surface area contributed by atoms with Gasteiger partial charge >= 0.3 is 5.97 Å². The van der Waals surface area contributed by atoms with Crippen molar-refractivity contribution >= 4 is 34.1 Å². The van der Waals surface area contributed by atoms with E-state index in [1.165, 1.54) is 16.2 Å². The molecule has 1 aliphatic rings. The molecule has 27 heavy (non-hydrogen) atoms. The molecule has 1 aromatic heterocycles. The number of rotatable bonds is 7. The van der Waals surface area contributed by atoms with Gasteiger partial charge in [0.1, 0.15) is 11.6 Å². The first-order valence-corrected chi connectivity index (χ1v) is 10.4. The molecule has 0 aliphatic heterocycles. The Morgan fingerprint density at radius 2 is 1.89 bits per heavy atom. The van der Waals surface area contributed by atoms with Crippen LogP contribution in [0.25, 0.3) is 0 Å². The maximum Gasteiger partial charge on any atom is 0.308 e. The standard InChI is InChI=1S/C20H30N2O4S/c1-11(2)17(23)22-19-16(14-7-6-13(5)10-15(14)27-19)18(24)21-8-9-26-20(25)12(3)4/h11-13H,6-10H2,1-5H3,(H,21,24)(H,22,23). The highest BCUT2D eigenvalue weighted by molar-refractivity contribution is 7.17. The van der Waals surface area contributed by atoms with Gasteiger partial charge < -0.3 is 15.4 Å². The Balaban J connectivity index is 2.11. The van der Waals surface area contributed by atoms with Gasteiger partial charge in [-0.2, -0.15) is 0 Å². The molecule has 2 rings (SSSR count). The number of esters is 1. The first-order chi connectivity index (χ1) is 12.7. The Kier molecular flexibility index (Phi) is 7.41. The zero-order chi connectivity index (χ0) is 20.1. The van der Waals surface area contributed by atoms with Crippen molar-refractivity contribution < 1.29 is 19.1 Å². The summed E-state index contributed by atoms with van der Waals surface area (Å²) >= 11 is 1.51. The zero-order valence-electron chi connectivity index (χ0n) is 16.8. The van der Waals surface area contributed by atoms with Gasteiger partial charge in [0.2, 0.25) is 5.91 Å². The molecule has 0 radical (unpaired) electrons. The van der Waals surface area contributed by atoms with E-state index in [9.17, 15) is 14.4 Å². The second-order valence-corrected chi connectivity index (χ2v) is 8.88. The molecule has 1 aromatic rings. The van der Waals surface area contributed by atoms with Crippen LogP contribution in [0.15, 0.2) is 0 Å². The molecule has 0 saturated carbocycles. The van der Waals surface area contributed by atoms with Crippen molar-refractivity contribution in [3.05, 3.63) is 16.0 Å². The Labute approximate surface area is 165 Å². The number of carbonyl (C=O) groups excluding carboxylic acids is 3. The Morgan fingerprint density at radius 3 is 2.52 bits per heavy atom. The summed E-state index contributed by atoms with van der Waals surface area (Å²) in [6.07, 6.45) is 2.81. The van der Waals surface area contributed by atoms with Crippen LogP contribution in [-0.4, -0.2) is 30.9 Å². The van der Waals surface area contributed by atoms with Crippen LogP contribution in [-0.2, 0) is 27.2 Å². The molecule has 6 nitrogen and oxygen atoms in total. The SMILES string of the molecule is CC1CCc2c(sc(NC(=O)C(C)C)c2C(=O)NCCOC(=O)C(C)C)C1. The van der Waals surface area contributed by atoms with Crippen molar-refractivity contribution in [1.29, 1.82) is 0 Å². The van der Waals surface area contributed by atoms with Crippen LogP contribution < -0.4 is 10.6 Å². The average Bonchev–Trinajstić information content (AvgIpc) is 2.94. The van der Waals surface area contributed by atoms with Crippen LogP contribution in [0.2, 0.25) is 0 Å². The third kappa shape index (κ3) is 5.54. The second kappa shape index (κ2) is 9.35. The van der Waals surface area contributed by atoms with Crippen molar-refractivity contribution in [3.8, 4) is 0 Å². The van der Waals surface area contributed by atoms with Crippen LogP contribution in [0.3, 0.4) is 0 Å². The minimum atomic E-state index is -0.281. The second-order valence-electron chi connectivity index (χ2n) is 7.78. The highest BCUT2D eigenvalue weighted by atomic mass is 32.1. The average molecular weight is 395 g/mol. The molecule has 7 heteroatoms. The van der Waals surface area contributed by atoms with E-state index in [1.807, 2.05) is 13.8 Å². The molecule has 150 valence electrons. The van der Waals surface area contributed by atoms with E-state index < -0.39 is 0 Å². The number of thiophene rings is 1. The molecule has 2 amide bonds. The highest BCUT2D eigenvalue weighted by Crippen LogP contribution is 2.39. The van der Waals surface area contributed by atoms with Crippen LogP contribution in [0.5, 0.6) is 0 Å². The number of carbonyl (C=O) groups is 3. The molecule has 1 atom stereocenters. The monoisotopic (exact) mass is 394 g/mol. The van der Waals surface area contributed by atoms with Gasteiger partial charge in [-0.25, -0.2) is 0 Å². The largest absolute Gasteiger partial charge is 0.464 e. The minimum absolute atomic E-state index is 0.0958. The predicted octanol–water partition coefficient (Wildman–Crippen LogP) is 3.40. The molecule has 0 saturated heterocycles. The van der Waals surface area contributed by atoms with E-state index in [2.05, 4.69) is 17.6 Å². The van der Waals surface area contributed by atoms with Gasteiger partial charge in [-0.15, -0.1) is 11.3 Å². The van der Waals surface area contributed by atoms with Gasteiger partial charge in [0.05, 0.1) is 18.0 Å². The van der Waals surface area contributed by atoms with Crippen molar-refractivity contribution in [2.75, 3.05) is 18.5 Å². The number of nitrogens with one attached hydrogen (secondary N) is 2. The van der Waals surface area contributed by atoms with Gasteiger partial charge in [0.15, 0.2) is 0 Å². The Hall–Kier alpha value is -1.89. The zero-order valence-corrected chi connectivity index (χ0v) is 17.6. The lowest BCUT2D eigenvalue weighted by molar-refractivity contribution is -0.147. The number of fused-ring (bicyclic) bond motifs is 1. The van der Waals surface area contributed by atoms with Crippen LogP contribution >= 0.6 is 11.3 Å². The van der Waals surface area contributed by atoms with Crippen LogP contribution in [0.4, 0.5) is 5.00 Å². The van der Waals surface area contributed by atoms with Gasteiger partial charge in [-0.05, 0) is 30.7 Å². The van der Waals surface area contributed by atoms with Crippen molar-refractivity contribution in [2.45, 2.75) is 53.9 Å². The summed E-state index contributed by atoms with van der Waals surface area (Å²) in [5, 5.41) is 6.37. The number of hydrogen-bond acceptors (Lipinski definition) is 5. The number of amides is 2. The van der Waals surface area contributed by atoms with Crippen molar-refractivity contribution in [3.63, 3.8) is 0 Å². The molecule has 0 fully saturated rings. The van der Waals surface area contributed by atoms with Crippen molar-refractivity contribution in [1.82, 2.24) is 5.32 Å². The third-order valence-corrected chi connectivity index (χ3v) is 5.77. The van der Waals surface area contributed by atoms with Gasteiger partial charge in [0, 0.05) is 10.8 Å². The molecule has 0 bridgehead atoms. The maximum atomic E-state index is 12.8. The predicted molar refractivity (Wildman–Crippen MR) is 107 cm³/mol. The van der Waals surface area contributed by atoms with Gasteiger partial charge in [-0.1, -0.05) is 34.6 Å². The maximum absolute atomic E-state index is 12.8. The summed E-state index contributed by atoms with van der Waals surface area (Å²) in [4.78, 5) is 37.7. The molecule has 1 unspecified atom stereocenters. The summed E-state index contributed by atoms with van der Waals surface area (Å²) in [6, 6.07) is 0. The van der Waals surface area contributed by atoms with E-state index in [1.54, 1.807) is 13.8 Å². The lowest BCUT2D eigenvalue weighted by atomic mass is 9.88. The van der Waals surface area contributed by atoms with E-state index >= 15 is 0 Å². The van der Waals surface area contributed by atoms with E-state index in [4.69, 9.17) is 4.74 Å². The minimum Gasteiger partial charge on any atom is -0.464 e. The molecule has 1 aliphatic carbocycles. The summed E-state index contributed by atoms with van der Waals surface area (Å²) in [5.74, 6) is -0.366. The summed E-state index contributed by atoms with van der Waals surface area (Å²) < 4.78 is 5.10. The smallest absolute Gasteiger partial charge is 0.308 e. The molecule has 0 spiro atoms. The summed E-state index contributed by atoms with van der Waals surface area (Å²) in [5.41, 5.74) is 1.62.